The average molecular weight is 619 g/mol. The van der Waals surface area contributed by atoms with E-state index in [2.05, 4.69) is 58.3 Å². The molecule has 3 aromatic heterocycles. The van der Waals surface area contributed by atoms with Crippen LogP contribution in [0.1, 0.15) is 79.2 Å². The SMILES string of the molecule is C[C@H]1CCCN(Cc2cc(C(=O)Nc3cc(-c4ncc(C#N)cc4-c4nncn4C)cc(C4(O)CC4)n3)c3c(c2)C(C)(C)CO3)C1. The normalized spacial score (nSPS) is 19.6. The Bertz CT molecular complexity index is 1890. The van der Waals surface area contributed by atoms with Crippen LogP contribution >= 0.6 is 0 Å². The first-order valence-corrected chi connectivity index (χ1v) is 15.9. The molecule has 7 rings (SSSR count). The van der Waals surface area contributed by atoms with Crippen LogP contribution in [0.2, 0.25) is 0 Å². The van der Waals surface area contributed by atoms with Crippen LogP contribution in [0.25, 0.3) is 22.6 Å². The maximum atomic E-state index is 14.1. The predicted octanol–water partition coefficient (Wildman–Crippen LogP) is 4.95. The molecular weight excluding hydrogens is 580 g/mol. The van der Waals surface area contributed by atoms with Crippen LogP contribution in [0, 0.1) is 17.2 Å². The summed E-state index contributed by atoms with van der Waals surface area (Å²) in [5.41, 5.74) is 3.86. The number of pyridine rings is 2. The number of anilines is 1. The number of hydrogen-bond donors (Lipinski definition) is 2. The molecule has 11 nitrogen and oxygen atoms in total. The summed E-state index contributed by atoms with van der Waals surface area (Å²) in [5.74, 6) is 1.74. The highest BCUT2D eigenvalue weighted by molar-refractivity contribution is 6.06. The first-order valence-electron chi connectivity index (χ1n) is 15.9. The summed E-state index contributed by atoms with van der Waals surface area (Å²) in [7, 11) is 1.82. The second kappa shape index (κ2) is 11.3. The van der Waals surface area contributed by atoms with E-state index in [9.17, 15) is 15.2 Å². The van der Waals surface area contributed by atoms with E-state index in [4.69, 9.17) is 9.72 Å². The van der Waals surface area contributed by atoms with E-state index in [-0.39, 0.29) is 17.1 Å². The molecule has 1 aromatic carbocycles. The van der Waals surface area contributed by atoms with Crippen LogP contribution in [0.5, 0.6) is 5.75 Å². The van der Waals surface area contributed by atoms with Gasteiger partial charge in [0.15, 0.2) is 5.82 Å². The number of amides is 1. The second-order valence-corrected chi connectivity index (χ2v) is 13.8. The summed E-state index contributed by atoms with van der Waals surface area (Å²) < 4.78 is 7.90. The van der Waals surface area contributed by atoms with E-state index < -0.39 is 5.60 Å². The van der Waals surface area contributed by atoms with Crippen LogP contribution in [0.4, 0.5) is 5.82 Å². The number of nitriles is 1. The number of aryl methyl sites for hydroxylation is 1. The van der Waals surface area contributed by atoms with Gasteiger partial charge in [0.1, 0.15) is 29.6 Å². The summed E-state index contributed by atoms with van der Waals surface area (Å²) in [4.78, 5) is 25.9. The summed E-state index contributed by atoms with van der Waals surface area (Å²) in [6.07, 6.45) is 6.64. The fraction of sp³-hybridized carbons (Fsp3) is 0.429. The molecule has 0 radical (unpaired) electrons. The van der Waals surface area contributed by atoms with Crippen molar-refractivity contribution in [3.8, 4) is 34.5 Å². The largest absolute Gasteiger partial charge is 0.492 e. The van der Waals surface area contributed by atoms with Gasteiger partial charge in [-0.05, 0) is 68.0 Å². The van der Waals surface area contributed by atoms with E-state index >= 15 is 0 Å². The van der Waals surface area contributed by atoms with Crippen LogP contribution in [-0.4, -0.2) is 60.3 Å². The Labute approximate surface area is 268 Å². The topological polar surface area (TPSA) is 142 Å². The number of ether oxygens (including phenoxy) is 1. The molecule has 3 aliphatic rings. The minimum Gasteiger partial charge on any atom is -0.492 e. The Morgan fingerprint density at radius 1 is 1.22 bits per heavy atom. The highest BCUT2D eigenvalue weighted by Crippen LogP contribution is 2.46. The van der Waals surface area contributed by atoms with E-state index in [0.717, 1.165) is 30.8 Å². The van der Waals surface area contributed by atoms with Gasteiger partial charge in [-0.1, -0.05) is 26.8 Å². The van der Waals surface area contributed by atoms with Gasteiger partial charge in [-0.2, -0.15) is 5.26 Å². The monoisotopic (exact) mass is 618 g/mol. The van der Waals surface area contributed by atoms with Gasteiger partial charge in [-0.25, -0.2) is 4.98 Å². The number of hydrogen-bond acceptors (Lipinski definition) is 9. The number of rotatable bonds is 7. The van der Waals surface area contributed by atoms with Gasteiger partial charge >= 0.3 is 0 Å². The van der Waals surface area contributed by atoms with E-state index in [1.807, 2.05) is 13.1 Å². The van der Waals surface area contributed by atoms with Crippen molar-refractivity contribution >= 4 is 11.7 Å². The predicted molar refractivity (Wildman–Crippen MR) is 172 cm³/mol. The number of nitrogens with one attached hydrogen (secondary N) is 1. The van der Waals surface area contributed by atoms with Crippen LogP contribution in [-0.2, 0) is 24.6 Å². The van der Waals surface area contributed by atoms with Gasteiger partial charge in [-0.3, -0.25) is 14.7 Å². The molecule has 0 bridgehead atoms. The molecule has 1 saturated heterocycles. The maximum Gasteiger partial charge on any atom is 0.260 e. The fourth-order valence-corrected chi connectivity index (χ4v) is 6.61. The minimum atomic E-state index is -1.08. The lowest BCUT2D eigenvalue weighted by atomic mass is 9.84. The third-order valence-electron chi connectivity index (χ3n) is 9.36. The summed E-state index contributed by atoms with van der Waals surface area (Å²) in [6, 6.07) is 11.5. The van der Waals surface area contributed by atoms with Crippen molar-refractivity contribution in [2.75, 3.05) is 25.0 Å². The standard InChI is InChI=1S/C35H38N8O3/c1-21-6-5-9-43(17-21)18-22-10-26(31-27(12-22)34(2,3)19-46-31)33(44)40-29-14-24(13-28(39-29)35(45)7-8-35)30-25(11-23(15-36)16-37-30)32-41-38-20-42(32)4/h10-14,16,20-21,45H,5-9,17-19H2,1-4H3,(H,39,40,44)/t21-/m0/s1. The first kappa shape index (κ1) is 30.0. The molecule has 0 spiro atoms. The van der Waals surface area contributed by atoms with Crippen molar-refractivity contribution in [1.29, 1.82) is 5.26 Å². The van der Waals surface area contributed by atoms with Crippen molar-refractivity contribution in [3.63, 3.8) is 0 Å². The molecule has 1 amide bonds. The number of benzene rings is 1. The smallest absolute Gasteiger partial charge is 0.260 e. The second-order valence-electron chi connectivity index (χ2n) is 13.8. The number of fused-ring (bicyclic) bond motifs is 1. The van der Waals surface area contributed by atoms with E-state index in [1.54, 1.807) is 29.1 Å². The molecule has 236 valence electrons. The lowest BCUT2D eigenvalue weighted by Gasteiger charge is -2.31. The minimum absolute atomic E-state index is 0.229. The third-order valence-corrected chi connectivity index (χ3v) is 9.36. The molecule has 1 saturated carbocycles. The lowest BCUT2D eigenvalue weighted by Crippen LogP contribution is -2.33. The molecule has 0 unspecified atom stereocenters. The molecule has 2 aliphatic heterocycles. The van der Waals surface area contributed by atoms with Crippen molar-refractivity contribution in [2.45, 2.75) is 64.0 Å². The molecule has 2 N–H and O–H groups in total. The summed E-state index contributed by atoms with van der Waals surface area (Å²) in [5, 5.41) is 32.0. The summed E-state index contributed by atoms with van der Waals surface area (Å²) in [6.45, 7) is 9.93. The molecule has 2 fully saturated rings. The molecule has 11 heteroatoms. The number of carbonyl (C=O) groups excluding carboxylic acids is 1. The zero-order valence-electron chi connectivity index (χ0n) is 26.7. The highest BCUT2D eigenvalue weighted by Gasteiger charge is 2.44. The van der Waals surface area contributed by atoms with Crippen molar-refractivity contribution in [2.24, 2.45) is 13.0 Å². The number of nitrogens with zero attached hydrogens (tertiary/aromatic N) is 7. The number of carbonyl (C=O) groups is 1. The fourth-order valence-electron chi connectivity index (χ4n) is 6.61. The molecule has 46 heavy (non-hydrogen) atoms. The molecule has 1 aliphatic carbocycles. The van der Waals surface area contributed by atoms with Crippen molar-refractivity contribution in [1.82, 2.24) is 29.6 Å². The third kappa shape index (κ3) is 5.63. The number of piperidine rings is 1. The number of likely N-dealkylation sites (tertiary alicyclic amines) is 1. The van der Waals surface area contributed by atoms with Gasteiger partial charge in [-0.15, -0.1) is 10.2 Å². The quantitative estimate of drug-likeness (QED) is 0.294. The number of aromatic nitrogens is 5. The Morgan fingerprint density at radius 3 is 2.76 bits per heavy atom. The lowest BCUT2D eigenvalue weighted by molar-refractivity contribution is 0.102. The molecule has 4 aromatic rings. The van der Waals surface area contributed by atoms with Crippen molar-refractivity contribution < 1.29 is 14.6 Å². The zero-order valence-corrected chi connectivity index (χ0v) is 26.7. The van der Waals surface area contributed by atoms with E-state index in [1.165, 1.54) is 19.0 Å². The maximum absolute atomic E-state index is 14.1. The highest BCUT2D eigenvalue weighted by atomic mass is 16.5. The summed E-state index contributed by atoms with van der Waals surface area (Å²) >= 11 is 0. The Kier molecular flexibility index (Phi) is 7.37. The Balaban J connectivity index is 1.28. The zero-order chi connectivity index (χ0) is 32.2. The van der Waals surface area contributed by atoms with Crippen LogP contribution in [0.15, 0.2) is 42.9 Å². The molecule has 1 atom stereocenters. The van der Waals surface area contributed by atoms with Gasteiger partial charge in [0.05, 0.1) is 29.1 Å². The van der Waals surface area contributed by atoms with E-state index in [0.29, 0.717) is 70.6 Å². The first-order chi connectivity index (χ1) is 22.0. The average Bonchev–Trinajstić information content (AvgIpc) is 3.52. The van der Waals surface area contributed by atoms with Crippen LogP contribution in [0.3, 0.4) is 0 Å². The molecule has 5 heterocycles. The van der Waals surface area contributed by atoms with Gasteiger partial charge in [0.2, 0.25) is 0 Å². The van der Waals surface area contributed by atoms with Gasteiger partial charge in [0.25, 0.3) is 5.91 Å². The molecular formula is C35H38N8O3. The number of aliphatic hydroxyl groups is 1. The Morgan fingerprint density at radius 2 is 2.04 bits per heavy atom. The van der Waals surface area contributed by atoms with Crippen molar-refractivity contribution in [3.05, 3.63) is 70.8 Å². The Hall–Kier alpha value is -4.66. The van der Waals surface area contributed by atoms with Gasteiger partial charge < -0.3 is 19.7 Å². The van der Waals surface area contributed by atoms with Crippen LogP contribution < -0.4 is 10.1 Å². The van der Waals surface area contributed by atoms with Gasteiger partial charge in [0, 0.05) is 48.4 Å².